The van der Waals surface area contributed by atoms with Gasteiger partial charge in [0.1, 0.15) is 11.5 Å². The van der Waals surface area contributed by atoms with Crippen LogP contribution in [-0.2, 0) is 22.6 Å². The van der Waals surface area contributed by atoms with Crippen molar-refractivity contribution < 1.29 is 14.0 Å². The summed E-state index contributed by atoms with van der Waals surface area (Å²) in [6, 6.07) is 19.0. The quantitative estimate of drug-likeness (QED) is 0.632. The largest absolute Gasteiger partial charge is 0.467 e. The first-order valence-corrected chi connectivity index (χ1v) is 9.62. The van der Waals surface area contributed by atoms with Gasteiger partial charge in [0.15, 0.2) is 0 Å². The van der Waals surface area contributed by atoms with Crippen LogP contribution >= 0.6 is 0 Å². The molecule has 1 N–H and O–H groups in total. The highest BCUT2D eigenvalue weighted by molar-refractivity contribution is 6.36. The molecule has 2 aromatic carbocycles. The number of rotatable bonds is 6. The normalized spacial score (nSPS) is 14.1. The molecule has 0 unspecified atom stereocenters. The van der Waals surface area contributed by atoms with Gasteiger partial charge in [-0.05, 0) is 48.7 Å². The number of imide groups is 1. The summed E-state index contributed by atoms with van der Waals surface area (Å²) < 4.78 is 5.34. The zero-order valence-corrected chi connectivity index (χ0v) is 16.4. The van der Waals surface area contributed by atoms with E-state index in [-0.39, 0.29) is 24.1 Å². The fraction of sp³-hybridized carbons (Fsp3) is 0.167. The number of amides is 2. The first-order valence-electron chi connectivity index (χ1n) is 9.62. The van der Waals surface area contributed by atoms with E-state index < -0.39 is 0 Å². The van der Waals surface area contributed by atoms with Gasteiger partial charge < -0.3 is 9.73 Å². The highest BCUT2D eigenvalue weighted by atomic mass is 16.3. The minimum atomic E-state index is -0.360. The van der Waals surface area contributed by atoms with Gasteiger partial charge in [0, 0.05) is 5.69 Å². The van der Waals surface area contributed by atoms with Crippen molar-refractivity contribution in [3.8, 4) is 0 Å². The second-order valence-corrected chi connectivity index (χ2v) is 7.07. The molecule has 4 rings (SSSR count). The first kappa shape index (κ1) is 18.7. The zero-order chi connectivity index (χ0) is 20.4. The van der Waals surface area contributed by atoms with E-state index in [1.807, 2.05) is 55.5 Å². The maximum atomic E-state index is 13.2. The SMILES string of the molecule is CCc1ccc(NC2=C(c3ccc(C)cc3)C(=O)N(Cc3ccco3)C2=O)cc1. The topological polar surface area (TPSA) is 62.6 Å². The van der Waals surface area contributed by atoms with Crippen molar-refractivity contribution in [1.29, 1.82) is 0 Å². The van der Waals surface area contributed by atoms with Gasteiger partial charge in [0.25, 0.3) is 11.8 Å². The minimum Gasteiger partial charge on any atom is -0.467 e. The summed E-state index contributed by atoms with van der Waals surface area (Å²) in [5.41, 5.74) is 4.43. The summed E-state index contributed by atoms with van der Waals surface area (Å²) in [7, 11) is 0. The Bertz CT molecular complexity index is 1060. The summed E-state index contributed by atoms with van der Waals surface area (Å²) >= 11 is 0. The van der Waals surface area contributed by atoms with Gasteiger partial charge in [-0.15, -0.1) is 0 Å². The second kappa shape index (κ2) is 7.80. The lowest BCUT2D eigenvalue weighted by Gasteiger charge is -2.13. The van der Waals surface area contributed by atoms with Crippen LogP contribution in [0, 0.1) is 6.92 Å². The number of hydrogen-bond acceptors (Lipinski definition) is 4. The van der Waals surface area contributed by atoms with Crippen molar-refractivity contribution in [1.82, 2.24) is 4.90 Å². The molecule has 2 amide bonds. The van der Waals surface area contributed by atoms with Crippen LogP contribution in [0.4, 0.5) is 5.69 Å². The molecule has 0 spiro atoms. The van der Waals surface area contributed by atoms with E-state index in [9.17, 15) is 9.59 Å². The molecule has 0 saturated heterocycles. The Hall–Kier alpha value is -3.60. The maximum absolute atomic E-state index is 13.2. The van der Waals surface area contributed by atoms with Gasteiger partial charge >= 0.3 is 0 Å². The third-order valence-electron chi connectivity index (χ3n) is 5.03. The van der Waals surface area contributed by atoms with Gasteiger partial charge in [0.2, 0.25) is 0 Å². The van der Waals surface area contributed by atoms with Crippen LogP contribution in [0.1, 0.15) is 29.4 Å². The highest BCUT2D eigenvalue weighted by Crippen LogP contribution is 2.31. The van der Waals surface area contributed by atoms with Crippen LogP contribution in [-0.4, -0.2) is 16.7 Å². The molecule has 2 heterocycles. The van der Waals surface area contributed by atoms with E-state index in [4.69, 9.17) is 4.42 Å². The smallest absolute Gasteiger partial charge is 0.278 e. The molecule has 0 radical (unpaired) electrons. The van der Waals surface area contributed by atoms with Gasteiger partial charge in [0.05, 0.1) is 18.4 Å². The van der Waals surface area contributed by atoms with Crippen LogP contribution in [0.25, 0.3) is 5.57 Å². The van der Waals surface area contributed by atoms with Crippen molar-refractivity contribution in [2.24, 2.45) is 0 Å². The number of aryl methyl sites for hydroxylation is 2. The Morgan fingerprint density at radius 1 is 0.931 bits per heavy atom. The van der Waals surface area contributed by atoms with Crippen molar-refractivity contribution >= 4 is 23.1 Å². The molecular weight excluding hydrogens is 364 g/mol. The Kier molecular flexibility index (Phi) is 5.04. The van der Waals surface area contributed by atoms with Crippen molar-refractivity contribution in [2.45, 2.75) is 26.8 Å². The molecule has 0 fully saturated rings. The van der Waals surface area contributed by atoms with Crippen LogP contribution < -0.4 is 5.32 Å². The number of carbonyl (C=O) groups is 2. The Labute approximate surface area is 169 Å². The molecule has 0 saturated carbocycles. The molecule has 0 aliphatic carbocycles. The van der Waals surface area contributed by atoms with E-state index in [0.717, 1.165) is 17.7 Å². The number of furan rings is 1. The average Bonchev–Trinajstić information content (AvgIpc) is 3.33. The molecule has 1 aliphatic rings. The predicted molar refractivity (Wildman–Crippen MR) is 112 cm³/mol. The van der Waals surface area contributed by atoms with E-state index in [1.165, 1.54) is 16.7 Å². The lowest BCUT2D eigenvalue weighted by atomic mass is 10.0. The monoisotopic (exact) mass is 386 g/mol. The minimum absolute atomic E-state index is 0.0972. The number of nitrogens with one attached hydrogen (secondary N) is 1. The van der Waals surface area contributed by atoms with Crippen LogP contribution in [0.2, 0.25) is 0 Å². The van der Waals surface area contributed by atoms with E-state index >= 15 is 0 Å². The molecule has 0 bridgehead atoms. The van der Waals surface area contributed by atoms with Crippen molar-refractivity contribution in [3.63, 3.8) is 0 Å². The molecule has 3 aromatic rings. The fourth-order valence-electron chi connectivity index (χ4n) is 3.35. The van der Waals surface area contributed by atoms with Crippen LogP contribution in [0.3, 0.4) is 0 Å². The lowest BCUT2D eigenvalue weighted by Crippen LogP contribution is -2.31. The van der Waals surface area contributed by atoms with E-state index in [1.54, 1.807) is 12.1 Å². The maximum Gasteiger partial charge on any atom is 0.278 e. The zero-order valence-electron chi connectivity index (χ0n) is 16.4. The Balaban J connectivity index is 1.72. The second-order valence-electron chi connectivity index (χ2n) is 7.07. The molecule has 5 heteroatoms. The lowest BCUT2D eigenvalue weighted by molar-refractivity contribution is -0.137. The molecule has 1 aliphatic heterocycles. The van der Waals surface area contributed by atoms with Crippen LogP contribution in [0.5, 0.6) is 0 Å². The van der Waals surface area contributed by atoms with Gasteiger partial charge in [-0.2, -0.15) is 0 Å². The summed E-state index contributed by atoms with van der Waals surface area (Å²) in [5, 5.41) is 3.18. The molecule has 1 aromatic heterocycles. The fourth-order valence-corrected chi connectivity index (χ4v) is 3.35. The standard InChI is InChI=1S/C24H22N2O3/c1-3-17-8-12-19(13-9-17)25-22-21(18-10-6-16(2)7-11-18)23(27)26(24(22)28)15-20-5-4-14-29-20/h4-14,25H,3,15H2,1-2H3. The van der Waals surface area contributed by atoms with Gasteiger partial charge in [-0.25, -0.2) is 0 Å². The first-order chi connectivity index (χ1) is 14.1. The third kappa shape index (κ3) is 3.72. The molecule has 146 valence electrons. The number of anilines is 1. The third-order valence-corrected chi connectivity index (χ3v) is 5.03. The number of nitrogens with zero attached hydrogens (tertiary/aromatic N) is 1. The summed E-state index contributed by atoms with van der Waals surface area (Å²) in [6.45, 7) is 4.17. The van der Waals surface area contributed by atoms with Gasteiger partial charge in [-0.1, -0.05) is 48.9 Å². The molecular formula is C24H22N2O3. The Morgan fingerprint density at radius 2 is 1.66 bits per heavy atom. The number of hydrogen-bond donors (Lipinski definition) is 1. The van der Waals surface area contributed by atoms with Crippen molar-refractivity contribution in [2.75, 3.05) is 5.32 Å². The average molecular weight is 386 g/mol. The number of carbonyl (C=O) groups excluding carboxylic acids is 2. The van der Waals surface area contributed by atoms with Crippen LogP contribution in [0.15, 0.2) is 77.0 Å². The molecule has 5 nitrogen and oxygen atoms in total. The summed E-state index contributed by atoms with van der Waals surface area (Å²) in [6.07, 6.45) is 2.47. The predicted octanol–water partition coefficient (Wildman–Crippen LogP) is 4.54. The summed E-state index contributed by atoms with van der Waals surface area (Å²) in [5.74, 6) is -0.132. The van der Waals surface area contributed by atoms with E-state index in [2.05, 4.69) is 12.2 Å². The molecule has 0 atom stereocenters. The van der Waals surface area contributed by atoms with Crippen molar-refractivity contribution in [3.05, 3.63) is 95.1 Å². The van der Waals surface area contributed by atoms with Gasteiger partial charge in [-0.3, -0.25) is 14.5 Å². The Morgan fingerprint density at radius 3 is 2.28 bits per heavy atom. The molecule has 29 heavy (non-hydrogen) atoms. The highest BCUT2D eigenvalue weighted by Gasteiger charge is 2.39. The van der Waals surface area contributed by atoms with E-state index in [0.29, 0.717) is 16.9 Å². The summed E-state index contributed by atoms with van der Waals surface area (Å²) in [4.78, 5) is 27.6. The number of benzene rings is 2.